The summed E-state index contributed by atoms with van der Waals surface area (Å²) in [6.45, 7) is 8.36. The van der Waals surface area contributed by atoms with Crippen molar-refractivity contribution in [3.05, 3.63) is 58.4 Å². The molecule has 0 saturated carbocycles. The lowest BCUT2D eigenvalue weighted by Gasteiger charge is -2.35. The lowest BCUT2D eigenvalue weighted by atomic mass is 10.0. The average molecular weight is 724 g/mol. The number of pyridine rings is 1. The summed E-state index contributed by atoms with van der Waals surface area (Å²) in [6.07, 6.45) is -1.97. The summed E-state index contributed by atoms with van der Waals surface area (Å²) in [5.41, 5.74) is 0.629. The second kappa shape index (κ2) is 14.8. The van der Waals surface area contributed by atoms with Crippen LogP contribution in [0.1, 0.15) is 69.1 Å². The number of alkyl halides is 3. The number of rotatable bonds is 8. The van der Waals surface area contributed by atoms with E-state index in [1.807, 2.05) is 25.7 Å². The Morgan fingerprint density at radius 2 is 1.78 bits per heavy atom. The Kier molecular flexibility index (Phi) is 10.9. The number of anilines is 1. The van der Waals surface area contributed by atoms with Crippen LogP contribution in [0.4, 0.5) is 28.2 Å². The third-order valence-electron chi connectivity index (χ3n) is 7.98. The zero-order valence-corrected chi connectivity index (χ0v) is 29.0. The SMILES string of the molecule is CC(C)N(CC(F)(F)F)C(=O)c1cc(F)ccc1Oc1nnc(Cl)nc1N1CCC(Oc2ccnc3c2CN(C(=O)OC(C)(C)C)CC3)CC1. The molecule has 5 rings (SSSR count). The first-order valence-electron chi connectivity index (χ1n) is 16.1. The van der Waals surface area contributed by atoms with Gasteiger partial charge in [-0.2, -0.15) is 18.2 Å². The van der Waals surface area contributed by atoms with Crippen molar-refractivity contribution in [3.63, 3.8) is 0 Å². The Labute approximate surface area is 291 Å². The third-order valence-corrected chi connectivity index (χ3v) is 8.14. The van der Waals surface area contributed by atoms with Gasteiger partial charge in [-0.3, -0.25) is 9.78 Å². The fourth-order valence-electron chi connectivity index (χ4n) is 5.63. The van der Waals surface area contributed by atoms with E-state index in [0.717, 1.165) is 29.5 Å². The molecule has 0 atom stereocenters. The summed E-state index contributed by atoms with van der Waals surface area (Å²) in [5, 5.41) is 7.57. The largest absolute Gasteiger partial charge is 0.490 e. The van der Waals surface area contributed by atoms with Crippen LogP contribution in [-0.4, -0.2) is 92.1 Å². The molecule has 0 N–H and O–H groups in total. The topological polar surface area (TPSA) is 123 Å². The average Bonchev–Trinajstić information content (AvgIpc) is 3.04. The summed E-state index contributed by atoms with van der Waals surface area (Å²) >= 11 is 6.10. The van der Waals surface area contributed by atoms with Crippen LogP contribution in [0.2, 0.25) is 5.28 Å². The van der Waals surface area contributed by atoms with Crippen molar-refractivity contribution >= 4 is 29.4 Å². The molecule has 1 aromatic carbocycles. The van der Waals surface area contributed by atoms with Crippen LogP contribution >= 0.6 is 11.6 Å². The van der Waals surface area contributed by atoms with Gasteiger partial charge in [0, 0.05) is 56.7 Å². The van der Waals surface area contributed by atoms with Gasteiger partial charge < -0.3 is 28.9 Å². The van der Waals surface area contributed by atoms with Crippen molar-refractivity contribution in [2.24, 2.45) is 0 Å². The maximum atomic E-state index is 14.3. The first-order valence-corrected chi connectivity index (χ1v) is 16.5. The quantitative estimate of drug-likeness (QED) is 0.235. The number of amides is 2. The summed E-state index contributed by atoms with van der Waals surface area (Å²) in [4.78, 5) is 38.9. The lowest BCUT2D eigenvalue weighted by Crippen LogP contribution is -2.43. The highest BCUT2D eigenvalue weighted by Gasteiger charge is 2.36. The molecule has 50 heavy (non-hydrogen) atoms. The molecule has 0 spiro atoms. The Bertz CT molecular complexity index is 1710. The number of benzene rings is 1. The number of hydrogen-bond donors (Lipinski definition) is 0. The molecule has 12 nitrogen and oxygen atoms in total. The zero-order chi connectivity index (χ0) is 36.4. The molecule has 4 heterocycles. The van der Waals surface area contributed by atoms with E-state index in [1.165, 1.54) is 13.8 Å². The predicted octanol–water partition coefficient (Wildman–Crippen LogP) is 6.61. The van der Waals surface area contributed by atoms with E-state index in [2.05, 4.69) is 20.2 Å². The second-order valence-electron chi connectivity index (χ2n) is 13.3. The fraction of sp³-hybridized carbons (Fsp3) is 0.515. The molecule has 1 fully saturated rings. The second-order valence-corrected chi connectivity index (χ2v) is 13.6. The van der Waals surface area contributed by atoms with Gasteiger partial charge in [-0.05, 0) is 70.5 Å². The Balaban J connectivity index is 1.30. The van der Waals surface area contributed by atoms with Crippen molar-refractivity contribution < 1.29 is 41.4 Å². The van der Waals surface area contributed by atoms with Crippen molar-refractivity contribution in [2.45, 2.75) is 84.3 Å². The smallest absolute Gasteiger partial charge is 0.410 e. The summed E-state index contributed by atoms with van der Waals surface area (Å²) < 4.78 is 72.2. The number of nitrogens with zero attached hydrogens (tertiary/aromatic N) is 7. The van der Waals surface area contributed by atoms with E-state index < -0.39 is 47.7 Å². The molecule has 2 amide bonds. The molecule has 2 aliphatic heterocycles. The van der Waals surface area contributed by atoms with Gasteiger partial charge in [0.1, 0.15) is 35.6 Å². The molecule has 0 radical (unpaired) electrons. The van der Waals surface area contributed by atoms with E-state index >= 15 is 0 Å². The highest BCUT2D eigenvalue weighted by molar-refractivity contribution is 6.28. The molecule has 17 heteroatoms. The molecule has 0 bridgehead atoms. The highest BCUT2D eigenvalue weighted by Crippen LogP contribution is 2.35. The van der Waals surface area contributed by atoms with E-state index in [1.54, 1.807) is 17.2 Å². The van der Waals surface area contributed by atoms with Crippen LogP contribution in [0.25, 0.3) is 0 Å². The lowest BCUT2D eigenvalue weighted by molar-refractivity contribution is -0.143. The molecule has 270 valence electrons. The molecule has 2 aromatic heterocycles. The molecular weight excluding hydrogens is 686 g/mol. The maximum Gasteiger partial charge on any atom is 0.410 e. The van der Waals surface area contributed by atoms with Gasteiger partial charge in [0.2, 0.25) is 5.28 Å². The van der Waals surface area contributed by atoms with Gasteiger partial charge in [-0.15, -0.1) is 10.2 Å². The van der Waals surface area contributed by atoms with Crippen LogP contribution < -0.4 is 14.4 Å². The van der Waals surface area contributed by atoms with Crippen molar-refractivity contribution in [3.8, 4) is 17.4 Å². The Morgan fingerprint density at radius 1 is 1.06 bits per heavy atom. The molecule has 0 unspecified atom stereocenters. The van der Waals surface area contributed by atoms with Gasteiger partial charge in [0.05, 0.1) is 17.8 Å². The van der Waals surface area contributed by atoms with Gasteiger partial charge in [0.15, 0.2) is 5.82 Å². The van der Waals surface area contributed by atoms with Crippen LogP contribution in [0, 0.1) is 5.82 Å². The number of carbonyl (C=O) groups excluding carboxylic acids is 2. The molecule has 1 saturated heterocycles. The minimum Gasteiger partial charge on any atom is -0.490 e. The normalized spacial score (nSPS) is 15.5. The predicted molar refractivity (Wildman–Crippen MR) is 174 cm³/mol. The first-order chi connectivity index (χ1) is 23.5. The molecule has 0 aliphatic carbocycles. The minimum absolute atomic E-state index is 0.174. The number of piperidine rings is 1. The zero-order valence-electron chi connectivity index (χ0n) is 28.3. The van der Waals surface area contributed by atoms with Crippen molar-refractivity contribution in [2.75, 3.05) is 31.1 Å². The number of hydrogen-bond acceptors (Lipinski definition) is 10. The van der Waals surface area contributed by atoms with Crippen LogP contribution in [0.15, 0.2) is 30.5 Å². The fourth-order valence-corrected chi connectivity index (χ4v) is 5.75. The molecule has 2 aliphatic rings. The van der Waals surface area contributed by atoms with E-state index in [-0.39, 0.29) is 28.8 Å². The van der Waals surface area contributed by atoms with Crippen LogP contribution in [0.3, 0.4) is 0 Å². The molecular formula is C33H38ClF4N7O5. The summed E-state index contributed by atoms with van der Waals surface area (Å²) in [6, 6.07) is 3.89. The monoisotopic (exact) mass is 723 g/mol. The summed E-state index contributed by atoms with van der Waals surface area (Å²) in [7, 11) is 0. The van der Waals surface area contributed by atoms with Crippen LogP contribution in [-0.2, 0) is 17.7 Å². The number of aromatic nitrogens is 4. The van der Waals surface area contributed by atoms with Gasteiger partial charge in [-0.25, -0.2) is 9.18 Å². The van der Waals surface area contributed by atoms with E-state index in [9.17, 15) is 27.2 Å². The van der Waals surface area contributed by atoms with Crippen molar-refractivity contribution in [1.29, 1.82) is 0 Å². The summed E-state index contributed by atoms with van der Waals surface area (Å²) in [5.74, 6) is -1.51. The number of carbonyl (C=O) groups is 2. The van der Waals surface area contributed by atoms with E-state index in [0.29, 0.717) is 56.1 Å². The van der Waals surface area contributed by atoms with Crippen LogP contribution in [0.5, 0.6) is 17.4 Å². The number of fused-ring (bicyclic) bond motifs is 1. The van der Waals surface area contributed by atoms with Gasteiger partial charge in [-0.1, -0.05) is 0 Å². The van der Waals surface area contributed by atoms with Gasteiger partial charge in [0.25, 0.3) is 11.8 Å². The molecule has 3 aromatic rings. The number of ether oxygens (including phenoxy) is 3. The van der Waals surface area contributed by atoms with Crippen molar-refractivity contribution in [1.82, 2.24) is 30.0 Å². The number of halogens is 5. The standard InChI is InChI=1S/C33H38ClF4N7O5/c1-19(2)45(18-33(36,37)38)29(46)22-16-20(35)6-7-25(22)49-28-27(40-30(34)42-41-28)43-13-9-21(10-14-43)48-26-8-12-39-24-11-15-44(17-23(24)26)31(47)50-32(3,4)5/h6-8,12,16,19,21H,9-11,13-15,17-18H2,1-5H3. The first kappa shape index (κ1) is 36.8. The van der Waals surface area contributed by atoms with Gasteiger partial charge >= 0.3 is 12.3 Å². The highest BCUT2D eigenvalue weighted by atomic mass is 35.5. The maximum absolute atomic E-state index is 14.3. The van der Waals surface area contributed by atoms with E-state index in [4.69, 9.17) is 25.8 Å². The minimum atomic E-state index is -4.68. The Morgan fingerprint density at radius 3 is 2.44 bits per heavy atom. The third kappa shape index (κ3) is 9.20. The Hall–Kier alpha value is -4.47.